The van der Waals surface area contributed by atoms with Gasteiger partial charge in [-0.15, -0.1) is 0 Å². The van der Waals surface area contributed by atoms with Gasteiger partial charge >= 0.3 is 0 Å². The minimum absolute atomic E-state index is 0.0368. The molecule has 2 fully saturated rings. The molecule has 2 aromatic carbocycles. The molecule has 1 aromatic heterocycles. The Morgan fingerprint density at radius 1 is 1.11 bits per heavy atom. The van der Waals surface area contributed by atoms with Crippen molar-refractivity contribution in [3.8, 4) is 0 Å². The van der Waals surface area contributed by atoms with Gasteiger partial charge < -0.3 is 14.8 Å². The number of piperazine rings is 1. The average molecular weight is 543 g/mol. The first-order valence-electron chi connectivity index (χ1n) is 12.5. The second-order valence-corrected chi connectivity index (χ2v) is 10.8. The van der Waals surface area contributed by atoms with E-state index in [2.05, 4.69) is 50.9 Å². The van der Waals surface area contributed by atoms with E-state index in [0.717, 1.165) is 36.1 Å². The first-order valence-corrected chi connectivity index (χ1v) is 13.3. The Morgan fingerprint density at radius 2 is 1.91 bits per heavy atom. The number of rotatable bonds is 3. The summed E-state index contributed by atoms with van der Waals surface area (Å²) in [5.41, 5.74) is 4.54. The molecule has 8 heteroatoms. The van der Waals surface area contributed by atoms with Crippen LogP contribution in [0.2, 0.25) is 0 Å². The van der Waals surface area contributed by atoms with Crippen molar-refractivity contribution in [2.75, 3.05) is 44.2 Å². The van der Waals surface area contributed by atoms with Gasteiger partial charge in [-0.1, -0.05) is 19.1 Å². The van der Waals surface area contributed by atoms with E-state index in [1.807, 2.05) is 9.80 Å². The topological polar surface area (TPSA) is 42.6 Å². The third-order valence-corrected chi connectivity index (χ3v) is 8.94. The van der Waals surface area contributed by atoms with Gasteiger partial charge in [0.15, 0.2) is 11.6 Å². The van der Waals surface area contributed by atoms with Gasteiger partial charge in [0.25, 0.3) is 0 Å². The van der Waals surface area contributed by atoms with E-state index >= 15 is 0 Å². The summed E-state index contributed by atoms with van der Waals surface area (Å²) < 4.78 is 28.1. The van der Waals surface area contributed by atoms with Gasteiger partial charge in [-0.2, -0.15) is 0 Å². The van der Waals surface area contributed by atoms with Crippen LogP contribution in [0.1, 0.15) is 30.4 Å². The summed E-state index contributed by atoms with van der Waals surface area (Å²) in [7, 11) is 0. The Morgan fingerprint density at radius 3 is 2.66 bits per heavy atom. The SMILES string of the molecule is CCN1C[C@H](C(=O)N2CCN(c3ccc(F)c(F)c3)CC2)C[C@@H]2c3cccc4[nH]c(Br)c(c34)C[C@H]21. The Kier molecular flexibility index (Phi) is 5.84. The van der Waals surface area contributed by atoms with E-state index in [0.29, 0.717) is 43.8 Å². The van der Waals surface area contributed by atoms with Crippen molar-refractivity contribution >= 4 is 38.4 Å². The number of amides is 1. The number of aromatic amines is 1. The number of anilines is 1. The molecule has 3 heterocycles. The predicted molar refractivity (Wildman–Crippen MR) is 137 cm³/mol. The predicted octanol–water partition coefficient (Wildman–Crippen LogP) is 4.91. The number of nitrogens with zero attached hydrogens (tertiary/aromatic N) is 3. The van der Waals surface area contributed by atoms with Crippen molar-refractivity contribution in [2.45, 2.75) is 31.7 Å². The normalized spacial score (nSPS) is 24.6. The van der Waals surface area contributed by atoms with E-state index in [1.54, 1.807) is 6.07 Å². The van der Waals surface area contributed by atoms with Crippen LogP contribution in [0.15, 0.2) is 41.0 Å². The smallest absolute Gasteiger partial charge is 0.227 e. The lowest BCUT2D eigenvalue weighted by Gasteiger charge is -2.47. The maximum absolute atomic E-state index is 13.7. The average Bonchev–Trinajstić information content (AvgIpc) is 3.21. The van der Waals surface area contributed by atoms with Crippen molar-refractivity contribution in [2.24, 2.45) is 5.92 Å². The summed E-state index contributed by atoms with van der Waals surface area (Å²) in [5, 5.41) is 1.32. The number of piperidine rings is 1. The minimum atomic E-state index is -0.837. The summed E-state index contributed by atoms with van der Waals surface area (Å²) in [6, 6.07) is 10.9. The number of halogens is 3. The van der Waals surface area contributed by atoms with Crippen LogP contribution in [-0.2, 0) is 11.2 Å². The lowest BCUT2D eigenvalue weighted by Crippen LogP contribution is -2.56. The Balaban J connectivity index is 1.20. The van der Waals surface area contributed by atoms with Crippen molar-refractivity contribution in [1.82, 2.24) is 14.8 Å². The zero-order chi connectivity index (χ0) is 24.3. The van der Waals surface area contributed by atoms with Crippen LogP contribution in [0, 0.1) is 17.6 Å². The van der Waals surface area contributed by atoms with Crippen LogP contribution in [-0.4, -0.2) is 66.0 Å². The highest BCUT2D eigenvalue weighted by atomic mass is 79.9. The standard InChI is InChI=1S/C27H29BrF2N4O/c1-2-32-15-16(12-19-18-4-3-5-23-25(18)20(14-24(19)32)26(28)31-23)27(35)34-10-8-33(9-11-34)17-6-7-21(29)22(30)13-17/h3-7,13,16,19,24,31H,2,8-12,14-15H2,1H3/t16-,19-,24-/m1/s1. The van der Waals surface area contributed by atoms with E-state index in [9.17, 15) is 13.6 Å². The lowest BCUT2D eigenvalue weighted by molar-refractivity contribution is -0.138. The molecule has 35 heavy (non-hydrogen) atoms. The molecule has 2 saturated heterocycles. The molecule has 3 atom stereocenters. The largest absolute Gasteiger partial charge is 0.368 e. The molecule has 6 rings (SSSR count). The number of likely N-dealkylation sites (N-methyl/N-ethyl adjacent to an activating group) is 1. The highest BCUT2D eigenvalue weighted by Crippen LogP contribution is 2.46. The fraction of sp³-hybridized carbons (Fsp3) is 0.444. The molecule has 0 bridgehead atoms. The van der Waals surface area contributed by atoms with Gasteiger partial charge in [0.05, 0.1) is 10.5 Å². The fourth-order valence-corrected chi connectivity index (χ4v) is 7.08. The van der Waals surface area contributed by atoms with Crippen LogP contribution < -0.4 is 4.90 Å². The van der Waals surface area contributed by atoms with Gasteiger partial charge in [0.2, 0.25) is 5.91 Å². The zero-order valence-electron chi connectivity index (χ0n) is 19.7. The van der Waals surface area contributed by atoms with Crippen molar-refractivity contribution in [3.63, 3.8) is 0 Å². The number of hydrogen-bond acceptors (Lipinski definition) is 3. The maximum atomic E-state index is 13.7. The Bertz CT molecular complexity index is 1290. The molecule has 5 nitrogen and oxygen atoms in total. The number of fused-ring (bicyclic) bond motifs is 2. The summed E-state index contributed by atoms with van der Waals surface area (Å²) in [4.78, 5) is 23.7. The molecule has 3 aromatic rings. The van der Waals surface area contributed by atoms with Crippen molar-refractivity contribution in [1.29, 1.82) is 0 Å². The lowest BCUT2D eigenvalue weighted by atomic mass is 9.72. The number of likely N-dealkylation sites (tertiary alicyclic amines) is 1. The quantitative estimate of drug-likeness (QED) is 0.511. The molecule has 0 unspecified atom stereocenters. The molecule has 0 spiro atoms. The Hall–Kier alpha value is -2.45. The first kappa shape index (κ1) is 23.0. The number of carbonyl (C=O) groups is 1. The third kappa shape index (κ3) is 3.85. The van der Waals surface area contributed by atoms with E-state index in [-0.39, 0.29) is 11.8 Å². The van der Waals surface area contributed by atoms with Crippen LogP contribution in [0.4, 0.5) is 14.5 Å². The van der Waals surface area contributed by atoms with Crippen LogP contribution in [0.25, 0.3) is 10.9 Å². The van der Waals surface area contributed by atoms with Gasteiger partial charge in [-0.05, 0) is 64.6 Å². The molecular weight excluding hydrogens is 514 g/mol. The zero-order valence-corrected chi connectivity index (χ0v) is 21.3. The number of carbonyl (C=O) groups excluding carboxylic acids is 1. The molecular formula is C27H29BrF2N4O. The molecule has 3 aliphatic rings. The fourth-order valence-electron chi connectivity index (χ4n) is 6.51. The molecule has 0 saturated carbocycles. The van der Waals surface area contributed by atoms with Gasteiger partial charge in [-0.3, -0.25) is 9.69 Å². The van der Waals surface area contributed by atoms with Gasteiger partial charge in [0, 0.05) is 67.3 Å². The van der Waals surface area contributed by atoms with Gasteiger partial charge in [-0.25, -0.2) is 8.78 Å². The first-order chi connectivity index (χ1) is 16.9. The molecule has 1 N–H and O–H groups in total. The van der Waals surface area contributed by atoms with E-state index in [4.69, 9.17) is 0 Å². The van der Waals surface area contributed by atoms with Gasteiger partial charge in [0.1, 0.15) is 0 Å². The Labute approximate surface area is 212 Å². The van der Waals surface area contributed by atoms with Crippen LogP contribution in [0.5, 0.6) is 0 Å². The minimum Gasteiger partial charge on any atom is -0.368 e. The summed E-state index contributed by atoms with van der Waals surface area (Å²) in [5.74, 6) is -1.15. The van der Waals surface area contributed by atoms with Crippen molar-refractivity contribution < 1.29 is 13.6 Å². The number of H-pyrrole nitrogens is 1. The summed E-state index contributed by atoms with van der Waals surface area (Å²) >= 11 is 3.73. The molecule has 1 aliphatic carbocycles. The summed E-state index contributed by atoms with van der Waals surface area (Å²) in [6.07, 6.45) is 1.86. The second kappa shape index (κ2) is 8.89. The maximum Gasteiger partial charge on any atom is 0.227 e. The highest BCUT2D eigenvalue weighted by molar-refractivity contribution is 9.10. The second-order valence-electron chi connectivity index (χ2n) is 10.00. The third-order valence-electron chi connectivity index (χ3n) is 8.26. The highest BCUT2D eigenvalue weighted by Gasteiger charge is 2.43. The summed E-state index contributed by atoms with van der Waals surface area (Å²) in [6.45, 7) is 6.32. The van der Waals surface area contributed by atoms with E-state index < -0.39 is 11.6 Å². The number of nitrogens with one attached hydrogen (secondary N) is 1. The number of benzene rings is 2. The monoisotopic (exact) mass is 542 g/mol. The molecule has 1 amide bonds. The molecule has 184 valence electrons. The molecule has 2 aliphatic heterocycles. The van der Waals surface area contributed by atoms with Crippen LogP contribution >= 0.6 is 15.9 Å². The number of hydrogen-bond donors (Lipinski definition) is 1. The van der Waals surface area contributed by atoms with Crippen molar-refractivity contribution in [3.05, 3.63) is 63.8 Å². The molecule has 0 radical (unpaired) electrons. The van der Waals surface area contributed by atoms with E-state index in [1.165, 1.54) is 28.6 Å². The number of aromatic nitrogens is 1. The van der Waals surface area contributed by atoms with Crippen LogP contribution in [0.3, 0.4) is 0 Å².